The number of aromatic nitrogens is 2. The first-order valence-electron chi connectivity index (χ1n) is 7.43. The van der Waals surface area contributed by atoms with Crippen LogP contribution in [0.4, 0.5) is 0 Å². The number of aryl methyl sites for hydroxylation is 2. The van der Waals surface area contributed by atoms with Gasteiger partial charge in [0, 0.05) is 26.2 Å². The first-order chi connectivity index (χ1) is 10.0. The summed E-state index contributed by atoms with van der Waals surface area (Å²) in [6.07, 6.45) is 1.78. The number of nitrogens with zero attached hydrogens (tertiary/aromatic N) is 4. The number of amides is 1. The lowest BCUT2D eigenvalue weighted by Crippen LogP contribution is -2.48. The number of hydrogen-bond donors (Lipinski definition) is 0. The van der Waals surface area contributed by atoms with E-state index in [1.54, 1.807) is 6.33 Å². The fourth-order valence-electron chi connectivity index (χ4n) is 2.74. The molecule has 0 unspecified atom stereocenters. The zero-order valence-corrected chi connectivity index (χ0v) is 13.0. The molecule has 2 aromatic rings. The minimum Gasteiger partial charge on any atom is -0.339 e. The van der Waals surface area contributed by atoms with Gasteiger partial charge in [0.2, 0.25) is 5.91 Å². The molecule has 1 aromatic carbocycles. The lowest BCUT2D eigenvalue weighted by Gasteiger charge is -2.32. The van der Waals surface area contributed by atoms with Gasteiger partial charge in [0.1, 0.15) is 6.54 Å². The van der Waals surface area contributed by atoms with E-state index in [1.807, 2.05) is 9.47 Å². The number of fused-ring (bicyclic) bond motifs is 1. The highest BCUT2D eigenvalue weighted by atomic mass is 16.2. The van der Waals surface area contributed by atoms with Crippen molar-refractivity contribution in [3.63, 3.8) is 0 Å². The minimum atomic E-state index is 0.181. The summed E-state index contributed by atoms with van der Waals surface area (Å²) < 4.78 is 1.96. The van der Waals surface area contributed by atoms with Gasteiger partial charge in [-0.2, -0.15) is 0 Å². The third-order valence-electron chi connectivity index (χ3n) is 4.40. The molecule has 112 valence electrons. The Kier molecular flexibility index (Phi) is 3.68. The molecule has 21 heavy (non-hydrogen) atoms. The molecule has 2 heterocycles. The van der Waals surface area contributed by atoms with Crippen molar-refractivity contribution in [3.8, 4) is 0 Å². The van der Waals surface area contributed by atoms with E-state index < -0.39 is 0 Å². The fourth-order valence-corrected chi connectivity index (χ4v) is 2.74. The quantitative estimate of drug-likeness (QED) is 0.838. The van der Waals surface area contributed by atoms with Crippen LogP contribution >= 0.6 is 0 Å². The van der Waals surface area contributed by atoms with Gasteiger partial charge in [-0.05, 0) is 44.2 Å². The van der Waals surface area contributed by atoms with Crippen molar-refractivity contribution < 1.29 is 4.79 Å². The number of carbonyl (C=O) groups is 1. The van der Waals surface area contributed by atoms with Crippen molar-refractivity contribution in [1.82, 2.24) is 19.4 Å². The molecule has 0 saturated carbocycles. The summed E-state index contributed by atoms with van der Waals surface area (Å²) >= 11 is 0. The van der Waals surface area contributed by atoms with Gasteiger partial charge in [-0.3, -0.25) is 4.79 Å². The second-order valence-electron chi connectivity index (χ2n) is 5.98. The molecule has 3 rings (SSSR count). The van der Waals surface area contributed by atoms with Gasteiger partial charge < -0.3 is 14.4 Å². The van der Waals surface area contributed by atoms with Gasteiger partial charge in [0.15, 0.2) is 0 Å². The average molecular weight is 286 g/mol. The number of piperazine rings is 1. The highest BCUT2D eigenvalue weighted by Crippen LogP contribution is 2.18. The first kappa shape index (κ1) is 14.1. The molecule has 1 aliphatic rings. The summed E-state index contributed by atoms with van der Waals surface area (Å²) in [6.45, 7) is 8.10. The molecule has 1 aliphatic heterocycles. The highest BCUT2D eigenvalue weighted by Gasteiger charge is 2.19. The molecule has 0 atom stereocenters. The molecule has 0 radical (unpaired) electrons. The maximum atomic E-state index is 12.4. The van der Waals surface area contributed by atoms with Gasteiger partial charge >= 0.3 is 0 Å². The van der Waals surface area contributed by atoms with E-state index in [0.29, 0.717) is 6.54 Å². The van der Waals surface area contributed by atoms with E-state index >= 15 is 0 Å². The Hall–Kier alpha value is -1.88. The van der Waals surface area contributed by atoms with Crippen molar-refractivity contribution in [1.29, 1.82) is 0 Å². The van der Waals surface area contributed by atoms with Gasteiger partial charge in [-0.15, -0.1) is 0 Å². The van der Waals surface area contributed by atoms with Crippen molar-refractivity contribution in [3.05, 3.63) is 29.6 Å². The van der Waals surface area contributed by atoms with E-state index in [1.165, 1.54) is 11.1 Å². The van der Waals surface area contributed by atoms with Crippen LogP contribution in [0.3, 0.4) is 0 Å². The first-order valence-corrected chi connectivity index (χ1v) is 7.43. The van der Waals surface area contributed by atoms with Crippen LogP contribution in [0, 0.1) is 13.8 Å². The van der Waals surface area contributed by atoms with Gasteiger partial charge in [-0.25, -0.2) is 4.98 Å². The fraction of sp³-hybridized carbons (Fsp3) is 0.500. The summed E-state index contributed by atoms with van der Waals surface area (Å²) in [4.78, 5) is 21.0. The molecule has 5 nitrogen and oxygen atoms in total. The van der Waals surface area contributed by atoms with Gasteiger partial charge in [0.05, 0.1) is 17.4 Å². The number of likely N-dealkylation sites (N-methyl/N-ethyl adjacent to an activating group) is 1. The van der Waals surface area contributed by atoms with E-state index in [-0.39, 0.29) is 5.91 Å². The molecular formula is C16H22N4O. The van der Waals surface area contributed by atoms with Crippen molar-refractivity contribution in [2.75, 3.05) is 33.2 Å². The standard InChI is InChI=1S/C16H22N4O/c1-12-8-14-15(9-13(12)2)20(11-17-14)10-16(21)19-6-4-18(3)5-7-19/h8-9,11H,4-7,10H2,1-3H3. The van der Waals surface area contributed by atoms with Gasteiger partial charge in [0.25, 0.3) is 0 Å². The summed E-state index contributed by atoms with van der Waals surface area (Å²) in [5.41, 5.74) is 4.47. The van der Waals surface area contributed by atoms with Crippen LogP contribution in [0.25, 0.3) is 11.0 Å². The Morgan fingerprint density at radius 2 is 1.81 bits per heavy atom. The Bertz CT molecular complexity index is 668. The third-order valence-corrected chi connectivity index (χ3v) is 4.40. The number of hydrogen-bond acceptors (Lipinski definition) is 3. The van der Waals surface area contributed by atoms with E-state index in [4.69, 9.17) is 0 Å². The lowest BCUT2D eigenvalue weighted by molar-refractivity contribution is -0.133. The zero-order valence-electron chi connectivity index (χ0n) is 13.0. The monoisotopic (exact) mass is 286 g/mol. The molecule has 0 bridgehead atoms. The molecule has 0 spiro atoms. The van der Waals surface area contributed by atoms with Crippen molar-refractivity contribution in [2.45, 2.75) is 20.4 Å². The summed E-state index contributed by atoms with van der Waals surface area (Å²) in [6, 6.07) is 4.20. The number of imidazole rings is 1. The highest BCUT2D eigenvalue weighted by molar-refractivity contribution is 5.81. The summed E-state index contributed by atoms with van der Waals surface area (Å²) in [5, 5.41) is 0. The van der Waals surface area contributed by atoms with E-state index in [0.717, 1.165) is 37.2 Å². The van der Waals surface area contributed by atoms with Crippen LogP contribution < -0.4 is 0 Å². The van der Waals surface area contributed by atoms with Crippen LogP contribution in [-0.4, -0.2) is 58.5 Å². The minimum absolute atomic E-state index is 0.181. The molecule has 5 heteroatoms. The largest absolute Gasteiger partial charge is 0.339 e. The second kappa shape index (κ2) is 5.48. The molecular weight excluding hydrogens is 264 g/mol. The predicted molar refractivity (Wildman–Crippen MR) is 83.3 cm³/mol. The number of carbonyl (C=O) groups excluding carboxylic acids is 1. The molecule has 1 saturated heterocycles. The molecule has 0 N–H and O–H groups in total. The topological polar surface area (TPSA) is 41.4 Å². The van der Waals surface area contributed by atoms with Crippen LogP contribution in [0.1, 0.15) is 11.1 Å². The molecule has 0 aliphatic carbocycles. The molecule has 1 aromatic heterocycles. The van der Waals surface area contributed by atoms with Crippen LogP contribution in [0.5, 0.6) is 0 Å². The predicted octanol–water partition coefficient (Wildman–Crippen LogP) is 1.43. The Morgan fingerprint density at radius 1 is 1.14 bits per heavy atom. The number of rotatable bonds is 2. The Balaban J connectivity index is 1.78. The smallest absolute Gasteiger partial charge is 0.242 e. The maximum Gasteiger partial charge on any atom is 0.242 e. The van der Waals surface area contributed by atoms with Gasteiger partial charge in [-0.1, -0.05) is 0 Å². The Labute approximate surface area is 125 Å². The van der Waals surface area contributed by atoms with Crippen molar-refractivity contribution >= 4 is 16.9 Å². The Morgan fingerprint density at radius 3 is 2.52 bits per heavy atom. The summed E-state index contributed by atoms with van der Waals surface area (Å²) in [5.74, 6) is 0.181. The maximum absolute atomic E-state index is 12.4. The van der Waals surface area contributed by atoms with E-state index in [9.17, 15) is 4.79 Å². The van der Waals surface area contributed by atoms with Crippen LogP contribution in [0.2, 0.25) is 0 Å². The van der Waals surface area contributed by atoms with Crippen LogP contribution in [0.15, 0.2) is 18.5 Å². The third kappa shape index (κ3) is 2.78. The molecule has 1 fully saturated rings. The van der Waals surface area contributed by atoms with Crippen LogP contribution in [-0.2, 0) is 11.3 Å². The molecule has 1 amide bonds. The lowest BCUT2D eigenvalue weighted by atomic mass is 10.1. The second-order valence-corrected chi connectivity index (χ2v) is 5.98. The normalized spacial score (nSPS) is 16.6. The SMILES string of the molecule is Cc1cc2ncn(CC(=O)N3CCN(C)CC3)c2cc1C. The average Bonchev–Trinajstić information content (AvgIpc) is 2.82. The van der Waals surface area contributed by atoms with Crippen molar-refractivity contribution in [2.24, 2.45) is 0 Å². The zero-order chi connectivity index (χ0) is 15.0. The van der Waals surface area contributed by atoms with E-state index in [2.05, 4.69) is 42.9 Å². The number of benzene rings is 1. The summed E-state index contributed by atoms with van der Waals surface area (Å²) in [7, 11) is 2.09.